The number of aromatic nitrogens is 2. The van der Waals surface area contributed by atoms with Crippen LogP contribution < -0.4 is 5.32 Å². The van der Waals surface area contributed by atoms with Crippen molar-refractivity contribution >= 4 is 16.6 Å². The number of aliphatic hydroxyl groups excluding tert-OH is 2. The second-order valence-electron chi connectivity index (χ2n) is 11.0. The van der Waals surface area contributed by atoms with E-state index >= 15 is 0 Å². The molecule has 5 unspecified atom stereocenters. The predicted octanol–water partition coefficient (Wildman–Crippen LogP) is 5.06. The Morgan fingerprint density at radius 2 is 1.94 bits per heavy atom. The number of aliphatic hydroxyl groups is 2. The van der Waals surface area contributed by atoms with Gasteiger partial charge in [-0.2, -0.15) is 0 Å². The summed E-state index contributed by atoms with van der Waals surface area (Å²) in [5.41, 5.74) is 8.69. The molecule has 0 saturated heterocycles. The van der Waals surface area contributed by atoms with Crippen LogP contribution in [0.2, 0.25) is 0 Å². The summed E-state index contributed by atoms with van der Waals surface area (Å²) in [6.45, 7) is 4.36. The molecule has 5 atom stereocenters. The number of H-pyrrole nitrogens is 1. The van der Waals surface area contributed by atoms with Crippen LogP contribution in [0.15, 0.2) is 47.1 Å². The van der Waals surface area contributed by atoms with Crippen molar-refractivity contribution in [3.8, 4) is 0 Å². The molecule has 2 aromatic rings. The Kier molecular flexibility index (Phi) is 6.30. The van der Waals surface area contributed by atoms with Crippen LogP contribution in [0.1, 0.15) is 63.3 Å². The number of fused-ring (bicyclic) bond motifs is 4. The monoisotopic (exact) mass is 461 g/mol. The average Bonchev–Trinajstić information content (AvgIpc) is 3.26. The molecular formula is C29H39N3O2. The molecule has 1 heterocycles. The third-order valence-electron chi connectivity index (χ3n) is 8.57. The van der Waals surface area contributed by atoms with Crippen LogP contribution >= 0.6 is 0 Å². The van der Waals surface area contributed by atoms with E-state index in [1.807, 2.05) is 21.0 Å². The second kappa shape index (κ2) is 9.10. The lowest BCUT2D eigenvalue weighted by Crippen LogP contribution is -2.37. The zero-order valence-corrected chi connectivity index (χ0v) is 21.0. The molecule has 4 N–H and O–H groups in total. The minimum atomic E-state index is -0.429. The lowest BCUT2D eigenvalue weighted by atomic mass is 9.61. The lowest BCUT2D eigenvalue weighted by molar-refractivity contribution is 0.124. The number of hydrogen-bond acceptors (Lipinski definition) is 4. The fraction of sp³-hybridized carbons (Fsp3) is 0.552. The predicted molar refractivity (Wildman–Crippen MR) is 138 cm³/mol. The Bertz CT molecular complexity index is 1170. The minimum absolute atomic E-state index is 0.0471. The first-order valence-corrected chi connectivity index (χ1v) is 12.9. The third-order valence-corrected chi connectivity index (χ3v) is 8.57. The molecule has 0 aliphatic heterocycles. The normalized spacial score (nSPS) is 32.6. The van der Waals surface area contributed by atoms with Crippen molar-refractivity contribution in [1.82, 2.24) is 15.3 Å². The maximum atomic E-state index is 11.3. The van der Waals surface area contributed by atoms with Crippen molar-refractivity contribution in [2.75, 3.05) is 14.1 Å². The minimum Gasteiger partial charge on any atom is -0.393 e. The van der Waals surface area contributed by atoms with Crippen LogP contribution in [0, 0.1) is 24.2 Å². The molecule has 0 bridgehead atoms. The summed E-state index contributed by atoms with van der Waals surface area (Å²) in [4.78, 5) is 7.93. The topological polar surface area (TPSA) is 81.2 Å². The molecule has 5 nitrogen and oxygen atoms in total. The van der Waals surface area contributed by atoms with Crippen LogP contribution in [0.3, 0.4) is 0 Å². The maximum absolute atomic E-state index is 11.3. The first kappa shape index (κ1) is 23.5. The van der Waals surface area contributed by atoms with Gasteiger partial charge in [-0.3, -0.25) is 0 Å². The number of allylic oxidation sites excluding steroid dienone is 3. The van der Waals surface area contributed by atoms with Crippen molar-refractivity contribution in [3.05, 3.63) is 58.5 Å². The van der Waals surface area contributed by atoms with Crippen LogP contribution in [-0.4, -0.2) is 46.5 Å². The van der Waals surface area contributed by atoms with Gasteiger partial charge in [-0.1, -0.05) is 36.3 Å². The van der Waals surface area contributed by atoms with Gasteiger partial charge in [0.05, 0.1) is 23.2 Å². The first-order chi connectivity index (χ1) is 16.3. The van der Waals surface area contributed by atoms with E-state index in [0.717, 1.165) is 61.8 Å². The van der Waals surface area contributed by atoms with Gasteiger partial charge >= 0.3 is 0 Å². The molecular weight excluding hydrogens is 422 g/mol. The number of rotatable bonds is 1. The molecule has 182 valence electrons. The van der Waals surface area contributed by atoms with Gasteiger partial charge in [-0.15, -0.1) is 0 Å². The molecule has 0 spiro atoms. The molecule has 1 fully saturated rings. The van der Waals surface area contributed by atoms with Gasteiger partial charge in [0.2, 0.25) is 0 Å². The lowest BCUT2D eigenvalue weighted by Gasteiger charge is -2.43. The number of nitrogens with zero attached hydrogens (tertiary/aromatic N) is 1. The average molecular weight is 462 g/mol. The third kappa shape index (κ3) is 3.98. The summed E-state index contributed by atoms with van der Waals surface area (Å²) in [6.07, 6.45) is 10.9. The van der Waals surface area contributed by atoms with Gasteiger partial charge in [-0.25, -0.2) is 4.98 Å². The molecule has 5 heteroatoms. The number of aryl methyl sites for hydroxylation is 1. The van der Waals surface area contributed by atoms with E-state index in [1.54, 1.807) is 0 Å². The number of imidazole rings is 1. The van der Waals surface area contributed by atoms with Gasteiger partial charge in [0.1, 0.15) is 5.82 Å². The molecule has 6 rings (SSSR count). The van der Waals surface area contributed by atoms with E-state index in [-0.39, 0.29) is 11.5 Å². The maximum Gasteiger partial charge on any atom is 0.104 e. The van der Waals surface area contributed by atoms with E-state index in [2.05, 4.69) is 52.6 Å². The second-order valence-corrected chi connectivity index (χ2v) is 11.0. The van der Waals surface area contributed by atoms with E-state index in [4.69, 9.17) is 0 Å². The SMILES string of the molecule is CNC.Cc1nc2ccc(C3=CCC4C5=C(C=C6CC(O)CCC6CC5)C(O)CC34C)cc2[nH]1. The number of hydrogen-bond donors (Lipinski definition) is 4. The molecule has 1 saturated carbocycles. The van der Waals surface area contributed by atoms with Crippen molar-refractivity contribution in [2.45, 2.75) is 71.0 Å². The zero-order chi connectivity index (χ0) is 24.0. The van der Waals surface area contributed by atoms with E-state index in [0.29, 0.717) is 11.8 Å². The van der Waals surface area contributed by atoms with Crippen LogP contribution in [0.5, 0.6) is 0 Å². The van der Waals surface area contributed by atoms with Crippen molar-refractivity contribution in [1.29, 1.82) is 0 Å². The fourth-order valence-electron chi connectivity index (χ4n) is 7.04. The molecule has 1 aromatic heterocycles. The summed E-state index contributed by atoms with van der Waals surface area (Å²) >= 11 is 0. The highest BCUT2D eigenvalue weighted by atomic mass is 16.3. The Morgan fingerprint density at radius 3 is 2.74 bits per heavy atom. The van der Waals surface area contributed by atoms with Gasteiger partial charge in [0.15, 0.2) is 0 Å². The largest absolute Gasteiger partial charge is 0.393 e. The smallest absolute Gasteiger partial charge is 0.104 e. The number of aromatic amines is 1. The van der Waals surface area contributed by atoms with E-state index in [1.165, 1.54) is 27.9 Å². The fourth-order valence-corrected chi connectivity index (χ4v) is 7.04. The standard InChI is InChI=1S/C27H32N2O2.C2H7N/c1-15-28-24-10-5-17(13-25(24)29-15)22-8-9-23-20-7-4-16-3-6-19(30)11-18(16)12-21(20)26(31)14-27(22,23)2;1-3-2/h5,8,10,12-13,16,19,23,26,30-31H,3-4,6-7,9,11,14H2,1-2H3,(H,28,29);3H,1-2H3. The molecule has 4 aliphatic carbocycles. The van der Waals surface area contributed by atoms with E-state index < -0.39 is 6.10 Å². The molecule has 0 amide bonds. The summed E-state index contributed by atoms with van der Waals surface area (Å²) in [5, 5.41) is 24.3. The van der Waals surface area contributed by atoms with Crippen LogP contribution in [0.4, 0.5) is 0 Å². The Labute approximate surface area is 203 Å². The summed E-state index contributed by atoms with van der Waals surface area (Å²) in [6, 6.07) is 6.54. The molecule has 1 aromatic carbocycles. The van der Waals surface area contributed by atoms with Crippen LogP contribution in [-0.2, 0) is 0 Å². The molecule has 0 radical (unpaired) electrons. The number of benzene rings is 1. The Morgan fingerprint density at radius 1 is 1.15 bits per heavy atom. The molecule has 34 heavy (non-hydrogen) atoms. The van der Waals surface area contributed by atoms with E-state index in [9.17, 15) is 10.2 Å². The highest BCUT2D eigenvalue weighted by molar-refractivity contribution is 5.83. The van der Waals surface area contributed by atoms with Crippen molar-refractivity contribution < 1.29 is 10.2 Å². The van der Waals surface area contributed by atoms with Crippen molar-refractivity contribution in [2.24, 2.45) is 17.3 Å². The van der Waals surface area contributed by atoms with Gasteiger partial charge in [-0.05, 0) is 107 Å². The highest BCUT2D eigenvalue weighted by Gasteiger charge is 2.49. The highest BCUT2D eigenvalue weighted by Crippen LogP contribution is 2.59. The summed E-state index contributed by atoms with van der Waals surface area (Å²) < 4.78 is 0. The molecule has 4 aliphatic rings. The van der Waals surface area contributed by atoms with Crippen LogP contribution in [0.25, 0.3) is 16.6 Å². The number of nitrogens with one attached hydrogen (secondary N) is 2. The first-order valence-electron chi connectivity index (χ1n) is 12.9. The van der Waals surface area contributed by atoms with Gasteiger partial charge in [0.25, 0.3) is 0 Å². The Balaban J connectivity index is 0.000000764. The summed E-state index contributed by atoms with van der Waals surface area (Å²) in [5.74, 6) is 1.98. The quantitative estimate of drug-likeness (QED) is 0.479. The van der Waals surface area contributed by atoms with Gasteiger partial charge in [0, 0.05) is 5.41 Å². The Hall–Kier alpha value is -2.21. The summed E-state index contributed by atoms with van der Waals surface area (Å²) in [7, 11) is 3.75. The van der Waals surface area contributed by atoms with Gasteiger partial charge < -0.3 is 20.5 Å². The van der Waals surface area contributed by atoms with Crippen molar-refractivity contribution in [3.63, 3.8) is 0 Å². The zero-order valence-electron chi connectivity index (χ0n) is 21.0.